The summed E-state index contributed by atoms with van der Waals surface area (Å²) in [4.78, 5) is 28.5. The van der Waals surface area contributed by atoms with Crippen molar-refractivity contribution in [3.63, 3.8) is 0 Å². The number of hydrogen-bond donors (Lipinski definition) is 1. The minimum Gasteiger partial charge on any atom is -0.481 e. The van der Waals surface area contributed by atoms with E-state index in [1.165, 1.54) is 18.9 Å². The third-order valence-electron chi connectivity index (χ3n) is 4.27. The van der Waals surface area contributed by atoms with Gasteiger partial charge in [-0.3, -0.25) is 9.59 Å². The number of carbonyl (C=O) groups excluding carboxylic acids is 1. The first kappa shape index (κ1) is 16.9. The quantitative estimate of drug-likeness (QED) is 0.867. The summed E-state index contributed by atoms with van der Waals surface area (Å²) in [5.74, 6) is 0.322. The van der Waals surface area contributed by atoms with Crippen molar-refractivity contribution in [1.29, 1.82) is 0 Å². The monoisotopic (exact) mass is 344 g/mol. The maximum Gasteiger partial charge on any atom is 0.266 e. The smallest absolute Gasteiger partial charge is 0.266 e. The molecule has 25 heavy (non-hydrogen) atoms. The van der Waals surface area contributed by atoms with E-state index in [1.54, 1.807) is 25.2 Å². The molecule has 2 aromatic heterocycles. The number of aryl methyl sites for hydroxylation is 2. The van der Waals surface area contributed by atoms with Crippen molar-refractivity contribution >= 4 is 5.91 Å². The van der Waals surface area contributed by atoms with Crippen molar-refractivity contribution in [1.82, 2.24) is 20.1 Å². The zero-order valence-corrected chi connectivity index (χ0v) is 14.4. The van der Waals surface area contributed by atoms with Gasteiger partial charge in [-0.15, -0.1) is 0 Å². The fourth-order valence-electron chi connectivity index (χ4n) is 2.94. The summed E-state index contributed by atoms with van der Waals surface area (Å²) in [5, 5.41) is 7.26. The van der Waals surface area contributed by atoms with Crippen molar-refractivity contribution < 1.29 is 14.3 Å². The van der Waals surface area contributed by atoms with E-state index in [4.69, 9.17) is 9.47 Å². The molecule has 1 unspecified atom stereocenters. The molecule has 132 valence electrons. The first-order valence-corrected chi connectivity index (χ1v) is 7.97. The van der Waals surface area contributed by atoms with E-state index in [1.807, 2.05) is 0 Å². The normalized spacial score (nSPS) is 16.0. The van der Waals surface area contributed by atoms with E-state index >= 15 is 0 Å². The Morgan fingerprint density at radius 2 is 2.12 bits per heavy atom. The second-order valence-electron chi connectivity index (χ2n) is 5.90. The minimum absolute atomic E-state index is 0.0688. The Kier molecular flexibility index (Phi) is 4.69. The van der Waals surface area contributed by atoms with Crippen LogP contribution in [0.1, 0.15) is 28.0 Å². The number of pyridine rings is 1. The molecule has 2 aromatic rings. The van der Waals surface area contributed by atoms with Crippen LogP contribution in [0.2, 0.25) is 0 Å². The van der Waals surface area contributed by atoms with Crippen LogP contribution in [0.15, 0.2) is 23.0 Å². The van der Waals surface area contributed by atoms with Crippen LogP contribution in [0.3, 0.4) is 0 Å². The summed E-state index contributed by atoms with van der Waals surface area (Å²) in [6.07, 6.45) is 2.05. The van der Waals surface area contributed by atoms with Gasteiger partial charge in [0.25, 0.3) is 11.5 Å². The molecule has 0 spiro atoms. The molecule has 8 nitrogen and oxygen atoms in total. The first-order chi connectivity index (χ1) is 12.0. The zero-order valence-electron chi connectivity index (χ0n) is 14.4. The number of nitrogens with zero attached hydrogens (tertiary/aromatic N) is 3. The second-order valence-corrected chi connectivity index (χ2v) is 5.90. The van der Waals surface area contributed by atoms with Crippen LogP contribution in [-0.2, 0) is 19.9 Å². The minimum atomic E-state index is -0.266. The van der Waals surface area contributed by atoms with Gasteiger partial charge in [-0.2, -0.15) is 10.1 Å². The summed E-state index contributed by atoms with van der Waals surface area (Å²) >= 11 is 0. The molecule has 8 heteroatoms. The van der Waals surface area contributed by atoms with Gasteiger partial charge in [-0.05, 0) is 30.9 Å². The maximum absolute atomic E-state index is 12.6. The highest BCUT2D eigenvalue weighted by molar-refractivity contribution is 5.96. The van der Waals surface area contributed by atoms with Crippen LogP contribution in [0.4, 0.5) is 0 Å². The molecule has 0 fully saturated rings. The Balaban J connectivity index is 1.76. The zero-order chi connectivity index (χ0) is 18.0. The van der Waals surface area contributed by atoms with E-state index in [0.29, 0.717) is 24.3 Å². The number of carbonyl (C=O) groups is 1. The molecular formula is C17H20N4O4. The predicted molar refractivity (Wildman–Crippen MR) is 90.1 cm³/mol. The molecular weight excluding hydrogens is 324 g/mol. The Morgan fingerprint density at radius 3 is 2.84 bits per heavy atom. The van der Waals surface area contributed by atoms with Crippen molar-refractivity contribution in [2.75, 3.05) is 14.2 Å². The van der Waals surface area contributed by atoms with Crippen LogP contribution >= 0.6 is 0 Å². The number of rotatable bonds is 4. The second kappa shape index (κ2) is 6.92. The molecule has 1 amide bonds. The summed E-state index contributed by atoms with van der Waals surface area (Å²) in [5.41, 5.74) is 2.00. The molecule has 1 N–H and O–H groups in total. The largest absolute Gasteiger partial charge is 0.481 e. The van der Waals surface area contributed by atoms with E-state index in [9.17, 15) is 9.59 Å². The average Bonchev–Trinajstić information content (AvgIpc) is 2.62. The van der Waals surface area contributed by atoms with Gasteiger partial charge in [0.2, 0.25) is 11.8 Å². The third-order valence-corrected chi connectivity index (χ3v) is 4.27. The molecule has 0 aliphatic heterocycles. The van der Waals surface area contributed by atoms with Gasteiger partial charge >= 0.3 is 0 Å². The van der Waals surface area contributed by atoms with Gasteiger partial charge < -0.3 is 14.8 Å². The van der Waals surface area contributed by atoms with Gasteiger partial charge in [0, 0.05) is 25.2 Å². The van der Waals surface area contributed by atoms with E-state index in [2.05, 4.69) is 15.4 Å². The highest BCUT2D eigenvalue weighted by Gasteiger charge is 2.24. The number of aromatic nitrogens is 3. The number of methoxy groups -OCH3 is 2. The van der Waals surface area contributed by atoms with Gasteiger partial charge in [-0.1, -0.05) is 0 Å². The molecule has 0 radical (unpaired) electrons. The van der Waals surface area contributed by atoms with Gasteiger partial charge in [0.15, 0.2) is 0 Å². The van der Waals surface area contributed by atoms with Crippen molar-refractivity contribution in [3.05, 3.63) is 45.4 Å². The number of ether oxygens (including phenoxy) is 2. The fraction of sp³-hybridized carbons (Fsp3) is 0.412. The summed E-state index contributed by atoms with van der Waals surface area (Å²) in [7, 11) is 4.59. The first-order valence-electron chi connectivity index (χ1n) is 7.97. The molecule has 0 saturated heterocycles. The molecule has 1 atom stereocenters. The standard InChI is InChI=1S/C17H20N4O4/c1-21-15(22)9-10-8-11(4-6-13(10)20-21)18-16(23)12-5-7-14(24-2)19-17(12)25-3/h5,7,9,11H,4,6,8H2,1-3H3,(H,18,23). The number of fused-ring (bicyclic) bond motifs is 1. The number of amides is 1. The lowest BCUT2D eigenvalue weighted by Gasteiger charge is -2.25. The van der Waals surface area contributed by atoms with Gasteiger partial charge in [0.05, 0.1) is 19.9 Å². The number of hydrogen-bond acceptors (Lipinski definition) is 6. The van der Waals surface area contributed by atoms with Crippen LogP contribution in [-0.4, -0.2) is 40.9 Å². The molecule has 0 saturated carbocycles. The highest BCUT2D eigenvalue weighted by atomic mass is 16.5. The SMILES string of the molecule is COc1ccc(C(=O)NC2CCc3nn(C)c(=O)cc3C2)c(OC)n1. The Labute approximate surface area is 144 Å². The van der Waals surface area contributed by atoms with E-state index in [0.717, 1.165) is 17.7 Å². The highest BCUT2D eigenvalue weighted by Crippen LogP contribution is 2.22. The topological polar surface area (TPSA) is 95.3 Å². The molecule has 1 aliphatic carbocycles. The molecule has 3 rings (SSSR count). The van der Waals surface area contributed by atoms with E-state index in [-0.39, 0.29) is 23.4 Å². The van der Waals surface area contributed by atoms with E-state index < -0.39 is 0 Å². The van der Waals surface area contributed by atoms with Crippen LogP contribution in [0, 0.1) is 0 Å². The Bertz CT molecular complexity index is 862. The molecule has 0 bridgehead atoms. The van der Waals surface area contributed by atoms with Gasteiger partial charge in [-0.25, -0.2) is 4.68 Å². The lowest BCUT2D eigenvalue weighted by molar-refractivity contribution is 0.0929. The van der Waals surface area contributed by atoms with Crippen LogP contribution in [0.5, 0.6) is 11.8 Å². The Morgan fingerprint density at radius 1 is 1.32 bits per heavy atom. The summed E-state index contributed by atoms with van der Waals surface area (Å²) in [6, 6.07) is 4.76. The summed E-state index contributed by atoms with van der Waals surface area (Å²) < 4.78 is 11.6. The lowest BCUT2D eigenvalue weighted by Crippen LogP contribution is -2.40. The van der Waals surface area contributed by atoms with Crippen molar-refractivity contribution in [3.8, 4) is 11.8 Å². The maximum atomic E-state index is 12.6. The number of nitrogens with one attached hydrogen (secondary N) is 1. The Hall–Kier alpha value is -2.90. The fourth-order valence-corrected chi connectivity index (χ4v) is 2.94. The third kappa shape index (κ3) is 3.47. The molecule has 2 heterocycles. The summed E-state index contributed by atoms with van der Waals surface area (Å²) in [6.45, 7) is 0. The van der Waals surface area contributed by atoms with Crippen LogP contribution < -0.4 is 20.3 Å². The molecule has 0 aromatic carbocycles. The predicted octanol–water partition coefficient (Wildman–Crippen LogP) is 0.480. The molecule has 1 aliphatic rings. The van der Waals surface area contributed by atoms with Gasteiger partial charge in [0.1, 0.15) is 5.56 Å². The average molecular weight is 344 g/mol. The van der Waals surface area contributed by atoms with Crippen molar-refractivity contribution in [2.24, 2.45) is 7.05 Å². The van der Waals surface area contributed by atoms with Crippen molar-refractivity contribution in [2.45, 2.75) is 25.3 Å². The van der Waals surface area contributed by atoms with Crippen LogP contribution in [0.25, 0.3) is 0 Å². The lowest BCUT2D eigenvalue weighted by atomic mass is 9.92.